The van der Waals surface area contributed by atoms with E-state index in [0.29, 0.717) is 31.1 Å². The Bertz CT molecular complexity index is 911. The van der Waals surface area contributed by atoms with Crippen molar-refractivity contribution in [3.05, 3.63) is 36.4 Å². The van der Waals surface area contributed by atoms with Gasteiger partial charge in [0.2, 0.25) is 0 Å². The van der Waals surface area contributed by atoms with E-state index in [-0.39, 0.29) is 11.2 Å². The highest BCUT2D eigenvalue weighted by molar-refractivity contribution is 8.00. The minimum absolute atomic E-state index is 0.220. The van der Waals surface area contributed by atoms with E-state index in [4.69, 9.17) is 9.47 Å². The molecule has 0 aliphatic carbocycles. The number of aromatic nitrogens is 4. The first-order chi connectivity index (χ1) is 13.2. The monoisotopic (exact) mass is 386 g/mol. The van der Waals surface area contributed by atoms with Crippen LogP contribution in [0.1, 0.15) is 27.2 Å². The Morgan fingerprint density at radius 3 is 2.52 bits per heavy atom. The maximum atomic E-state index is 12.1. The van der Waals surface area contributed by atoms with E-state index in [1.165, 1.54) is 11.8 Å². The van der Waals surface area contributed by atoms with E-state index in [2.05, 4.69) is 15.3 Å². The summed E-state index contributed by atoms with van der Waals surface area (Å²) in [6.07, 6.45) is 0.664. The lowest BCUT2D eigenvalue weighted by molar-refractivity contribution is -0.142. The molecule has 1 atom stereocenters. The fourth-order valence-electron chi connectivity index (χ4n) is 2.56. The minimum Gasteiger partial charge on any atom is -0.494 e. The van der Waals surface area contributed by atoms with Crippen molar-refractivity contribution < 1.29 is 14.3 Å². The summed E-state index contributed by atoms with van der Waals surface area (Å²) in [5.74, 6) is 1.22. The highest BCUT2D eigenvalue weighted by Gasteiger charge is 2.20. The molecule has 27 heavy (non-hydrogen) atoms. The SMILES string of the molecule is CCOC(=O)[C@H](CC)Sc1ccc2nnc(-c3ccc(OCC)cc3)n2n1. The van der Waals surface area contributed by atoms with Crippen LogP contribution in [0.3, 0.4) is 0 Å². The number of nitrogens with zero attached hydrogens (tertiary/aromatic N) is 4. The van der Waals surface area contributed by atoms with Crippen molar-refractivity contribution >= 4 is 23.4 Å². The quantitative estimate of drug-likeness (QED) is 0.432. The van der Waals surface area contributed by atoms with Gasteiger partial charge >= 0.3 is 5.97 Å². The molecule has 1 aromatic carbocycles. The molecule has 0 saturated heterocycles. The summed E-state index contributed by atoms with van der Waals surface area (Å²) in [5.41, 5.74) is 1.53. The maximum absolute atomic E-state index is 12.1. The van der Waals surface area contributed by atoms with Crippen molar-refractivity contribution in [3.63, 3.8) is 0 Å². The Morgan fingerprint density at radius 1 is 1.07 bits per heavy atom. The molecule has 3 aromatic rings. The molecule has 0 unspecified atom stereocenters. The number of hydrogen-bond acceptors (Lipinski definition) is 7. The lowest BCUT2D eigenvalue weighted by Gasteiger charge is -2.12. The van der Waals surface area contributed by atoms with Crippen LogP contribution in [0.15, 0.2) is 41.4 Å². The molecule has 7 nitrogen and oxygen atoms in total. The van der Waals surface area contributed by atoms with Crippen molar-refractivity contribution in [2.24, 2.45) is 0 Å². The molecule has 8 heteroatoms. The fraction of sp³-hybridized carbons (Fsp3) is 0.368. The first-order valence-electron chi connectivity index (χ1n) is 8.95. The molecule has 0 N–H and O–H groups in total. The third-order valence-electron chi connectivity index (χ3n) is 3.85. The Hall–Kier alpha value is -2.61. The van der Waals surface area contributed by atoms with Gasteiger partial charge in [-0.05, 0) is 56.7 Å². The summed E-state index contributed by atoms with van der Waals surface area (Å²) in [4.78, 5) is 12.1. The van der Waals surface area contributed by atoms with Crippen LogP contribution < -0.4 is 4.74 Å². The van der Waals surface area contributed by atoms with Crippen LogP contribution >= 0.6 is 11.8 Å². The Balaban J connectivity index is 1.88. The molecule has 0 radical (unpaired) electrons. The van der Waals surface area contributed by atoms with E-state index < -0.39 is 0 Å². The van der Waals surface area contributed by atoms with E-state index >= 15 is 0 Å². The minimum atomic E-state index is -0.291. The second-order valence-electron chi connectivity index (χ2n) is 5.69. The first kappa shape index (κ1) is 19.2. The van der Waals surface area contributed by atoms with E-state index in [1.54, 1.807) is 11.4 Å². The number of hydrogen-bond donors (Lipinski definition) is 0. The van der Waals surface area contributed by atoms with Gasteiger partial charge in [0.1, 0.15) is 16.0 Å². The summed E-state index contributed by atoms with van der Waals surface area (Å²) >= 11 is 1.39. The third-order valence-corrected chi connectivity index (χ3v) is 5.11. The van der Waals surface area contributed by atoms with E-state index in [9.17, 15) is 4.79 Å². The topological polar surface area (TPSA) is 78.6 Å². The number of fused-ring (bicyclic) bond motifs is 1. The van der Waals surface area contributed by atoms with Gasteiger partial charge in [-0.25, -0.2) is 0 Å². The first-order valence-corrected chi connectivity index (χ1v) is 9.83. The smallest absolute Gasteiger partial charge is 0.319 e. The van der Waals surface area contributed by atoms with Gasteiger partial charge in [0.25, 0.3) is 0 Å². The zero-order valence-corrected chi connectivity index (χ0v) is 16.4. The van der Waals surface area contributed by atoms with Gasteiger partial charge in [0, 0.05) is 5.56 Å². The molecule has 0 spiro atoms. The molecule has 3 rings (SSSR count). The zero-order chi connectivity index (χ0) is 19.2. The van der Waals surface area contributed by atoms with Crippen LogP contribution in [0.25, 0.3) is 17.0 Å². The summed E-state index contributed by atoms with van der Waals surface area (Å²) in [5, 5.41) is 13.5. The molecule has 0 aliphatic heterocycles. The van der Waals surface area contributed by atoms with Gasteiger partial charge < -0.3 is 9.47 Å². The molecule has 2 aromatic heterocycles. The van der Waals surface area contributed by atoms with Crippen molar-refractivity contribution in [3.8, 4) is 17.1 Å². The molecule has 142 valence electrons. The second-order valence-corrected chi connectivity index (χ2v) is 6.91. The van der Waals surface area contributed by atoms with E-state index in [1.807, 2.05) is 50.2 Å². The standard InChI is InChI=1S/C19H22N4O3S/c1-4-15(19(24)26-6-3)27-17-12-11-16-20-21-18(23(16)22-17)13-7-9-14(10-8-13)25-5-2/h7-12,15H,4-6H2,1-3H3/t15-/m0/s1. The zero-order valence-electron chi connectivity index (χ0n) is 15.6. The average molecular weight is 386 g/mol. The molecular weight excluding hydrogens is 364 g/mol. The third kappa shape index (κ3) is 4.39. The summed E-state index contributed by atoms with van der Waals surface area (Å²) in [7, 11) is 0. The molecular formula is C19H22N4O3S. The van der Waals surface area contributed by atoms with Crippen molar-refractivity contribution in [2.75, 3.05) is 13.2 Å². The van der Waals surface area contributed by atoms with Gasteiger partial charge in [-0.15, -0.1) is 10.2 Å². The number of benzene rings is 1. The van der Waals surface area contributed by atoms with Crippen LogP contribution in [-0.4, -0.2) is 44.2 Å². The predicted octanol–water partition coefficient (Wildman–Crippen LogP) is 3.62. The Morgan fingerprint density at radius 2 is 1.85 bits per heavy atom. The highest BCUT2D eigenvalue weighted by atomic mass is 32.2. The van der Waals surface area contributed by atoms with Crippen molar-refractivity contribution in [1.82, 2.24) is 19.8 Å². The molecule has 0 bridgehead atoms. The molecule has 0 amide bonds. The molecule has 0 saturated carbocycles. The Labute approximate surface area is 162 Å². The largest absolute Gasteiger partial charge is 0.494 e. The van der Waals surface area contributed by atoms with Gasteiger partial charge in [0.15, 0.2) is 11.5 Å². The fourth-order valence-corrected chi connectivity index (χ4v) is 3.46. The summed E-state index contributed by atoms with van der Waals surface area (Å²) in [6.45, 7) is 6.70. The highest BCUT2D eigenvalue weighted by Crippen LogP contribution is 2.26. The number of ether oxygens (including phenoxy) is 2. The molecule has 0 fully saturated rings. The van der Waals surface area contributed by atoms with Crippen LogP contribution in [-0.2, 0) is 9.53 Å². The molecule has 2 heterocycles. The van der Waals surface area contributed by atoms with Crippen molar-refractivity contribution in [2.45, 2.75) is 37.5 Å². The molecule has 0 aliphatic rings. The number of carbonyl (C=O) groups excluding carboxylic acids is 1. The average Bonchev–Trinajstić information content (AvgIpc) is 3.10. The summed E-state index contributed by atoms with van der Waals surface area (Å²) in [6, 6.07) is 11.3. The van der Waals surface area contributed by atoms with Gasteiger partial charge in [-0.3, -0.25) is 4.79 Å². The van der Waals surface area contributed by atoms with Gasteiger partial charge in [-0.1, -0.05) is 18.7 Å². The van der Waals surface area contributed by atoms with Crippen LogP contribution in [0.4, 0.5) is 0 Å². The maximum Gasteiger partial charge on any atom is 0.319 e. The summed E-state index contributed by atoms with van der Waals surface area (Å²) < 4.78 is 12.3. The number of esters is 1. The van der Waals surface area contributed by atoms with Crippen LogP contribution in [0.5, 0.6) is 5.75 Å². The van der Waals surface area contributed by atoms with E-state index in [0.717, 1.165) is 16.3 Å². The van der Waals surface area contributed by atoms with Gasteiger partial charge in [-0.2, -0.15) is 9.61 Å². The van der Waals surface area contributed by atoms with Crippen LogP contribution in [0, 0.1) is 0 Å². The lowest BCUT2D eigenvalue weighted by atomic mass is 10.2. The Kier molecular flexibility index (Phi) is 6.28. The number of carbonyl (C=O) groups is 1. The normalized spacial score (nSPS) is 12.1. The predicted molar refractivity (Wildman–Crippen MR) is 104 cm³/mol. The second kappa shape index (κ2) is 8.85. The van der Waals surface area contributed by atoms with Gasteiger partial charge in [0.05, 0.1) is 13.2 Å². The van der Waals surface area contributed by atoms with Crippen LogP contribution in [0.2, 0.25) is 0 Å². The number of rotatable bonds is 8. The lowest BCUT2D eigenvalue weighted by Crippen LogP contribution is -2.19. The number of thioether (sulfide) groups is 1. The van der Waals surface area contributed by atoms with Crippen molar-refractivity contribution in [1.29, 1.82) is 0 Å².